The number of H-pyrrole nitrogens is 1. The molecule has 0 radical (unpaired) electrons. The minimum Gasteiger partial charge on any atom is -0.467 e. The van der Waals surface area contributed by atoms with Gasteiger partial charge in [0, 0.05) is 0 Å². The van der Waals surface area contributed by atoms with Crippen molar-refractivity contribution in [2.75, 3.05) is 7.11 Å². The van der Waals surface area contributed by atoms with Crippen molar-refractivity contribution in [3.63, 3.8) is 0 Å². The Bertz CT molecular complexity index is 629. The summed E-state index contributed by atoms with van der Waals surface area (Å²) < 4.78 is 18.7. The maximum absolute atomic E-state index is 13.9. The summed E-state index contributed by atoms with van der Waals surface area (Å²) in [4.78, 5) is 21.2. The Hall–Kier alpha value is -2.24. The first-order valence-electron chi connectivity index (χ1n) is 5.30. The zero-order valence-electron chi connectivity index (χ0n) is 10.2. The summed E-state index contributed by atoms with van der Waals surface area (Å²) in [6.07, 6.45) is 0. The number of rotatable bonds is 2. The molecule has 1 N–H and O–H groups in total. The molecule has 2 aromatic rings. The normalized spacial score (nSPS) is 10.4. The molecule has 0 amide bonds. The molecule has 0 aliphatic heterocycles. The molecule has 18 heavy (non-hydrogen) atoms. The van der Waals surface area contributed by atoms with Crippen LogP contribution in [0.15, 0.2) is 16.9 Å². The van der Waals surface area contributed by atoms with Crippen molar-refractivity contribution < 1.29 is 9.13 Å². The Morgan fingerprint density at radius 2 is 2.00 bits per heavy atom. The smallest absolute Gasteiger partial charge is 0.351 e. The van der Waals surface area contributed by atoms with Crippen molar-refractivity contribution in [2.45, 2.75) is 13.8 Å². The molecule has 2 rings (SSSR count). The average Bonchev–Trinajstić information content (AvgIpc) is 2.26. The minimum atomic E-state index is -0.628. The van der Waals surface area contributed by atoms with Crippen LogP contribution in [-0.2, 0) is 0 Å². The van der Waals surface area contributed by atoms with Crippen LogP contribution >= 0.6 is 0 Å². The van der Waals surface area contributed by atoms with Crippen molar-refractivity contribution in [3.8, 4) is 17.4 Å². The molecular weight excluding hydrogens is 237 g/mol. The summed E-state index contributed by atoms with van der Waals surface area (Å²) in [6.45, 7) is 3.54. The van der Waals surface area contributed by atoms with Gasteiger partial charge in [-0.25, -0.2) is 9.18 Å². The van der Waals surface area contributed by atoms with Gasteiger partial charge in [-0.2, -0.15) is 4.98 Å². The number of benzene rings is 1. The van der Waals surface area contributed by atoms with E-state index in [-0.39, 0.29) is 17.4 Å². The average molecular weight is 249 g/mol. The molecular formula is C12H12FN3O2. The molecule has 0 bridgehead atoms. The van der Waals surface area contributed by atoms with E-state index in [4.69, 9.17) is 4.74 Å². The Kier molecular flexibility index (Phi) is 3.10. The van der Waals surface area contributed by atoms with Crippen LogP contribution in [0.25, 0.3) is 11.4 Å². The number of hydrogen-bond acceptors (Lipinski definition) is 4. The molecule has 1 aromatic heterocycles. The van der Waals surface area contributed by atoms with Crippen molar-refractivity contribution in [1.29, 1.82) is 0 Å². The van der Waals surface area contributed by atoms with Crippen LogP contribution in [-0.4, -0.2) is 22.1 Å². The Balaban J connectivity index is 2.69. The monoisotopic (exact) mass is 249 g/mol. The predicted octanol–water partition coefficient (Wildman–Crippen LogP) is 1.60. The van der Waals surface area contributed by atoms with Crippen LogP contribution < -0.4 is 10.4 Å². The van der Waals surface area contributed by atoms with Gasteiger partial charge in [-0.05, 0) is 31.0 Å². The van der Waals surface area contributed by atoms with Crippen LogP contribution in [0.4, 0.5) is 4.39 Å². The van der Waals surface area contributed by atoms with Crippen molar-refractivity contribution in [3.05, 3.63) is 39.6 Å². The molecule has 5 nitrogen and oxygen atoms in total. The second kappa shape index (κ2) is 4.56. The van der Waals surface area contributed by atoms with Gasteiger partial charge in [0.1, 0.15) is 11.6 Å². The fraction of sp³-hybridized carbons (Fsp3) is 0.250. The number of aromatic amines is 1. The van der Waals surface area contributed by atoms with E-state index >= 15 is 0 Å². The summed E-state index contributed by atoms with van der Waals surface area (Å²) in [7, 11) is 1.34. The van der Waals surface area contributed by atoms with Gasteiger partial charge < -0.3 is 4.74 Å². The molecule has 0 fully saturated rings. The van der Waals surface area contributed by atoms with E-state index in [0.29, 0.717) is 5.56 Å². The van der Waals surface area contributed by atoms with Crippen LogP contribution in [0.3, 0.4) is 0 Å². The fourth-order valence-corrected chi connectivity index (χ4v) is 1.79. The lowest BCUT2D eigenvalue weighted by molar-refractivity contribution is 0.376. The predicted molar refractivity (Wildman–Crippen MR) is 64.1 cm³/mol. The van der Waals surface area contributed by atoms with Gasteiger partial charge in [0.2, 0.25) is 0 Å². The number of ether oxygens (including phenoxy) is 1. The number of halogens is 1. The highest BCUT2D eigenvalue weighted by molar-refractivity contribution is 5.61. The third-order valence-corrected chi connectivity index (χ3v) is 2.48. The number of aromatic nitrogens is 3. The van der Waals surface area contributed by atoms with E-state index in [0.717, 1.165) is 5.56 Å². The topological polar surface area (TPSA) is 67.9 Å². The fourth-order valence-electron chi connectivity index (χ4n) is 1.79. The molecule has 6 heteroatoms. The Morgan fingerprint density at radius 3 is 2.61 bits per heavy atom. The summed E-state index contributed by atoms with van der Waals surface area (Å²) in [6, 6.07) is 3.11. The van der Waals surface area contributed by atoms with E-state index < -0.39 is 11.5 Å². The molecule has 0 spiro atoms. The van der Waals surface area contributed by atoms with Crippen LogP contribution in [0.5, 0.6) is 6.01 Å². The van der Waals surface area contributed by atoms with Gasteiger partial charge in [-0.15, -0.1) is 4.98 Å². The third kappa shape index (κ3) is 2.22. The van der Waals surface area contributed by atoms with Gasteiger partial charge in [0.25, 0.3) is 0 Å². The number of methoxy groups -OCH3 is 1. The second-order valence-corrected chi connectivity index (χ2v) is 3.93. The summed E-state index contributed by atoms with van der Waals surface area (Å²) in [5.41, 5.74) is 1.11. The largest absolute Gasteiger partial charge is 0.467 e. The van der Waals surface area contributed by atoms with Gasteiger partial charge in [0.05, 0.1) is 12.7 Å². The van der Waals surface area contributed by atoms with E-state index in [1.165, 1.54) is 13.2 Å². The van der Waals surface area contributed by atoms with E-state index in [1.807, 2.05) is 6.07 Å². The van der Waals surface area contributed by atoms with Crippen molar-refractivity contribution >= 4 is 0 Å². The van der Waals surface area contributed by atoms with Crippen LogP contribution in [0.2, 0.25) is 0 Å². The number of aryl methyl sites for hydroxylation is 2. The van der Waals surface area contributed by atoms with E-state index in [9.17, 15) is 9.18 Å². The number of nitrogens with zero attached hydrogens (tertiary/aromatic N) is 2. The molecule has 0 saturated heterocycles. The van der Waals surface area contributed by atoms with Crippen molar-refractivity contribution in [2.24, 2.45) is 0 Å². The van der Waals surface area contributed by atoms with Crippen molar-refractivity contribution in [1.82, 2.24) is 15.0 Å². The molecule has 0 unspecified atom stereocenters. The first-order chi connectivity index (χ1) is 8.51. The van der Waals surface area contributed by atoms with Gasteiger partial charge >= 0.3 is 11.7 Å². The lowest BCUT2D eigenvalue weighted by Crippen LogP contribution is -2.15. The third-order valence-electron chi connectivity index (χ3n) is 2.48. The van der Waals surface area contributed by atoms with Gasteiger partial charge in [-0.3, -0.25) is 4.98 Å². The Morgan fingerprint density at radius 1 is 1.28 bits per heavy atom. The molecule has 1 aromatic carbocycles. The van der Waals surface area contributed by atoms with Gasteiger partial charge in [-0.1, -0.05) is 6.07 Å². The molecule has 0 aliphatic carbocycles. The SMILES string of the molecule is COc1nc(-c2c(C)cc(C)cc2F)[nH]c(=O)n1. The van der Waals surface area contributed by atoms with E-state index in [1.54, 1.807) is 13.8 Å². The van der Waals surface area contributed by atoms with Crippen LogP contribution in [0.1, 0.15) is 11.1 Å². The highest BCUT2D eigenvalue weighted by Crippen LogP contribution is 2.24. The minimum absolute atomic E-state index is 0.0897. The first-order valence-corrected chi connectivity index (χ1v) is 5.30. The zero-order chi connectivity index (χ0) is 13.3. The highest BCUT2D eigenvalue weighted by Gasteiger charge is 2.13. The molecule has 0 aliphatic rings. The maximum atomic E-state index is 13.9. The molecule has 0 atom stereocenters. The second-order valence-electron chi connectivity index (χ2n) is 3.93. The zero-order valence-corrected chi connectivity index (χ0v) is 10.2. The first kappa shape index (κ1) is 12.2. The summed E-state index contributed by atoms with van der Waals surface area (Å²) in [5, 5.41) is 0. The lowest BCUT2D eigenvalue weighted by Gasteiger charge is -2.08. The van der Waals surface area contributed by atoms with Gasteiger partial charge in [0.15, 0.2) is 0 Å². The molecule has 1 heterocycles. The number of hydrogen-bond donors (Lipinski definition) is 1. The molecule has 94 valence electrons. The quantitative estimate of drug-likeness (QED) is 0.877. The Labute approximate surface area is 103 Å². The lowest BCUT2D eigenvalue weighted by atomic mass is 10.0. The highest BCUT2D eigenvalue weighted by atomic mass is 19.1. The summed E-state index contributed by atoms with van der Waals surface area (Å²) in [5.74, 6) is -0.328. The van der Waals surface area contributed by atoms with Crippen LogP contribution in [0, 0.1) is 19.7 Å². The maximum Gasteiger partial charge on any atom is 0.351 e. The summed E-state index contributed by atoms with van der Waals surface area (Å²) >= 11 is 0. The van der Waals surface area contributed by atoms with E-state index in [2.05, 4.69) is 15.0 Å². The molecule has 0 saturated carbocycles. The number of nitrogens with one attached hydrogen (secondary N) is 1. The standard InChI is InChI=1S/C12H12FN3O2/c1-6-4-7(2)9(8(13)5-6)10-14-11(17)16-12(15-10)18-3/h4-5H,1-3H3,(H,14,15,16,17).